The van der Waals surface area contributed by atoms with Gasteiger partial charge in [-0.15, -0.1) is 0 Å². The lowest BCUT2D eigenvalue weighted by molar-refractivity contribution is -0.150. The van der Waals surface area contributed by atoms with Gasteiger partial charge >= 0.3 is 11.9 Å². The monoisotopic (exact) mass is 780 g/mol. The van der Waals surface area contributed by atoms with Crippen LogP contribution in [-0.2, 0) is 51.0 Å². The smallest absolute Gasteiger partial charge is 0.302 e. The van der Waals surface area contributed by atoms with Gasteiger partial charge in [0.15, 0.2) is 0 Å². The van der Waals surface area contributed by atoms with Crippen molar-refractivity contribution in [1.29, 1.82) is 0 Å². The number of nitrogens with two attached hydrogens (primary N) is 2. The second kappa shape index (κ2) is 16.7. The van der Waals surface area contributed by atoms with Crippen molar-refractivity contribution in [1.82, 2.24) is 19.8 Å². The number of carbonyl (C=O) groups excluding carboxylic acids is 4. The van der Waals surface area contributed by atoms with Gasteiger partial charge < -0.3 is 50.2 Å². The molecule has 0 unspecified atom stereocenters. The van der Waals surface area contributed by atoms with Crippen molar-refractivity contribution in [2.45, 2.75) is 102 Å². The summed E-state index contributed by atoms with van der Waals surface area (Å²) in [5.74, 6) is -2.76. The van der Waals surface area contributed by atoms with Crippen LogP contribution in [0, 0.1) is 11.6 Å². The van der Waals surface area contributed by atoms with E-state index in [1.165, 1.54) is 52.3 Å². The van der Waals surface area contributed by atoms with Gasteiger partial charge in [0.1, 0.15) is 35.9 Å². The van der Waals surface area contributed by atoms with Crippen molar-refractivity contribution in [2.24, 2.45) is 11.5 Å². The molecule has 16 heteroatoms. The van der Waals surface area contributed by atoms with E-state index in [1.807, 2.05) is 0 Å². The Morgan fingerprint density at radius 3 is 1.43 bits per heavy atom. The van der Waals surface area contributed by atoms with Crippen LogP contribution in [0.2, 0.25) is 0 Å². The third-order valence-corrected chi connectivity index (χ3v) is 11.3. The molecule has 2 aromatic heterocycles. The average molecular weight is 781 g/mol. The molecule has 0 aliphatic carbocycles. The number of rotatable bonds is 13. The number of likely N-dealkylation sites (tertiary alicyclic amines) is 2. The predicted molar refractivity (Wildman–Crippen MR) is 203 cm³/mol. The van der Waals surface area contributed by atoms with Gasteiger partial charge in [0.25, 0.3) is 0 Å². The van der Waals surface area contributed by atoms with Crippen LogP contribution in [-0.4, -0.2) is 119 Å². The zero-order chi connectivity index (χ0) is 40.6. The molecule has 0 saturated carbocycles. The second-order valence-electron chi connectivity index (χ2n) is 14.7. The Bertz CT molecular complexity index is 1970. The molecule has 2 amide bonds. The molecule has 56 heavy (non-hydrogen) atoms. The van der Waals surface area contributed by atoms with Crippen molar-refractivity contribution in [3.05, 3.63) is 59.2 Å². The lowest BCUT2D eigenvalue weighted by atomic mass is 9.93. The van der Waals surface area contributed by atoms with Gasteiger partial charge in [-0.2, -0.15) is 0 Å². The van der Waals surface area contributed by atoms with E-state index in [0.29, 0.717) is 57.2 Å². The van der Waals surface area contributed by atoms with Gasteiger partial charge in [0.05, 0.1) is 35.7 Å². The van der Waals surface area contributed by atoms with Crippen LogP contribution < -0.4 is 11.5 Å². The summed E-state index contributed by atoms with van der Waals surface area (Å²) in [5, 5.41) is 1.28. The Labute approximate surface area is 323 Å². The molecule has 2 aromatic carbocycles. The predicted octanol–water partition coefficient (Wildman–Crippen LogP) is 3.47. The van der Waals surface area contributed by atoms with E-state index in [1.54, 1.807) is 35.8 Å². The van der Waals surface area contributed by atoms with E-state index in [2.05, 4.69) is 9.97 Å². The highest BCUT2D eigenvalue weighted by molar-refractivity contribution is 5.96. The number of benzene rings is 2. The third-order valence-electron chi connectivity index (χ3n) is 11.3. The zero-order valence-corrected chi connectivity index (χ0v) is 32.4. The molecule has 2 saturated heterocycles. The maximum Gasteiger partial charge on any atom is 0.302 e. The number of esters is 2. The van der Waals surface area contributed by atoms with Gasteiger partial charge in [0, 0.05) is 75.8 Å². The summed E-state index contributed by atoms with van der Waals surface area (Å²) < 4.78 is 51.9. The van der Waals surface area contributed by atoms with Crippen molar-refractivity contribution < 1.29 is 46.9 Å². The number of aromatic nitrogens is 2. The summed E-state index contributed by atoms with van der Waals surface area (Å²) in [4.78, 5) is 62.4. The first kappa shape index (κ1) is 40.8. The summed E-state index contributed by atoms with van der Waals surface area (Å²) in [6.45, 7) is 6.53. The molecule has 2 fully saturated rings. The fourth-order valence-electron chi connectivity index (χ4n) is 8.18. The molecule has 0 bridgehead atoms. The summed E-state index contributed by atoms with van der Waals surface area (Å²) in [6.07, 6.45) is -1.54. The van der Waals surface area contributed by atoms with Crippen LogP contribution in [0.4, 0.5) is 8.78 Å². The summed E-state index contributed by atoms with van der Waals surface area (Å²) in [5.41, 5.74) is 15.9. The van der Waals surface area contributed by atoms with Crippen molar-refractivity contribution in [3.8, 4) is 11.4 Å². The largest absolute Gasteiger partial charge is 0.460 e. The van der Waals surface area contributed by atoms with Crippen LogP contribution in [0.15, 0.2) is 36.4 Å². The van der Waals surface area contributed by atoms with Gasteiger partial charge in [-0.05, 0) is 74.2 Å². The third kappa shape index (κ3) is 8.01. The van der Waals surface area contributed by atoms with Crippen molar-refractivity contribution in [2.75, 3.05) is 27.3 Å². The van der Waals surface area contributed by atoms with Gasteiger partial charge in [-0.1, -0.05) is 0 Å². The minimum atomic E-state index is -0.993. The molecule has 4 aromatic rings. The number of hydrogen-bond donors (Lipinski definition) is 4. The van der Waals surface area contributed by atoms with Gasteiger partial charge in [-0.25, -0.2) is 8.78 Å². The lowest BCUT2D eigenvalue weighted by Gasteiger charge is -2.32. The summed E-state index contributed by atoms with van der Waals surface area (Å²) in [6, 6.07) is 5.31. The van der Waals surface area contributed by atoms with E-state index >= 15 is 0 Å². The SMILES string of the molecule is CO[C@H](C)[C@H](N)C(=O)N1CC[C@H](OC(C)=O)[C@H]1Cc1c(-c2[nH]c3cc(F)ccc3c2C[C@@H]2[C@@H](OC(C)=O)CCN2C(=O)[C@@H](N)[C@@H](C)OC)[nH]c2cc(F)ccc12. The Balaban J connectivity index is 1.51. The number of hydrogen-bond acceptors (Lipinski definition) is 10. The molecule has 6 rings (SSSR count). The van der Waals surface area contributed by atoms with E-state index in [9.17, 15) is 28.0 Å². The Morgan fingerprint density at radius 1 is 0.714 bits per heavy atom. The molecule has 14 nitrogen and oxygen atoms in total. The van der Waals surface area contributed by atoms with E-state index in [-0.39, 0.29) is 37.7 Å². The molecule has 0 spiro atoms. The summed E-state index contributed by atoms with van der Waals surface area (Å²) >= 11 is 0. The Hall–Kier alpha value is -4.90. The van der Waals surface area contributed by atoms with E-state index in [4.69, 9.17) is 30.4 Å². The molecule has 8 atom stereocenters. The fourth-order valence-corrected chi connectivity index (χ4v) is 8.18. The number of H-pyrrole nitrogens is 2. The second-order valence-corrected chi connectivity index (χ2v) is 14.7. The highest BCUT2D eigenvalue weighted by atomic mass is 19.1. The number of aromatic amines is 2. The summed E-state index contributed by atoms with van der Waals surface area (Å²) in [7, 11) is 2.93. The first-order valence-corrected chi connectivity index (χ1v) is 18.8. The number of methoxy groups -OCH3 is 2. The first-order valence-electron chi connectivity index (χ1n) is 18.8. The maximum atomic E-state index is 14.8. The highest BCUT2D eigenvalue weighted by Crippen LogP contribution is 2.40. The highest BCUT2D eigenvalue weighted by Gasteiger charge is 2.44. The Kier molecular flexibility index (Phi) is 12.1. The zero-order valence-electron chi connectivity index (χ0n) is 32.4. The van der Waals surface area contributed by atoms with Gasteiger partial charge in [-0.3, -0.25) is 19.2 Å². The van der Waals surface area contributed by atoms with Crippen LogP contribution in [0.3, 0.4) is 0 Å². The molecular weight excluding hydrogens is 730 g/mol. The number of nitrogens with zero attached hydrogens (tertiary/aromatic N) is 2. The van der Waals surface area contributed by atoms with Crippen molar-refractivity contribution >= 4 is 45.6 Å². The van der Waals surface area contributed by atoms with E-state index in [0.717, 1.165) is 0 Å². The molecule has 6 N–H and O–H groups in total. The molecule has 4 heterocycles. The number of halogens is 2. The lowest BCUT2D eigenvalue weighted by Crippen LogP contribution is -2.53. The standard InChI is InChI=1S/C40H50F2N6O8/c1-19(53-5)35(43)39(51)47-13-11-33(55-21(3)49)31(47)17-27-25-9-7-23(41)15-29(25)45-37(27)38-28(26-10-8-24(42)16-30(26)46-38)18-32-34(56-22(4)50)12-14-48(32)40(52)36(44)20(2)54-6/h7-10,15-16,19-20,31-36,45-46H,11-14,17-18,43-44H2,1-6H3/t19-,20-,31-,32-,33+,34+,35+,36+/m1/s1. The van der Waals surface area contributed by atoms with Crippen LogP contribution in [0.25, 0.3) is 33.2 Å². The van der Waals surface area contributed by atoms with E-state index < -0.39 is 72.2 Å². The van der Waals surface area contributed by atoms with Gasteiger partial charge in [0.2, 0.25) is 11.8 Å². The number of ether oxygens (including phenoxy) is 4. The number of fused-ring (bicyclic) bond motifs is 2. The van der Waals surface area contributed by atoms with Crippen LogP contribution >= 0.6 is 0 Å². The number of nitrogens with one attached hydrogen (secondary N) is 2. The van der Waals surface area contributed by atoms with Crippen molar-refractivity contribution in [3.63, 3.8) is 0 Å². The molecule has 2 aliphatic rings. The van der Waals surface area contributed by atoms with Crippen LogP contribution in [0.1, 0.15) is 51.7 Å². The average Bonchev–Trinajstić information content (AvgIpc) is 3.93. The van der Waals surface area contributed by atoms with Crippen LogP contribution in [0.5, 0.6) is 0 Å². The number of amides is 2. The quantitative estimate of drug-likeness (QED) is 0.146. The topological polar surface area (TPSA) is 195 Å². The normalized spacial score (nSPS) is 22.0. The minimum absolute atomic E-state index is 0.149. The molecule has 0 radical (unpaired) electrons. The maximum absolute atomic E-state index is 14.8. The molecule has 302 valence electrons. The molecule has 2 aliphatic heterocycles. The Morgan fingerprint density at radius 2 is 1.09 bits per heavy atom. The first-order chi connectivity index (χ1) is 26.6. The fraction of sp³-hybridized carbons (Fsp3) is 0.500. The molecular formula is C40H50F2N6O8. The number of carbonyl (C=O) groups is 4. The minimum Gasteiger partial charge on any atom is -0.460 e.